The van der Waals surface area contributed by atoms with Crippen molar-refractivity contribution in [3.8, 4) is 0 Å². The Labute approximate surface area is 103 Å². The largest absolute Gasteiger partial charge is 0.246 e. The summed E-state index contributed by atoms with van der Waals surface area (Å²) >= 11 is 0. The fraction of sp³-hybridized carbons (Fsp3) is 0.429. The molecule has 0 aromatic heterocycles. The van der Waals surface area contributed by atoms with Crippen molar-refractivity contribution in [1.82, 2.24) is 0 Å². The van der Waals surface area contributed by atoms with Crippen LogP contribution in [0.4, 0.5) is 17.6 Å². The number of halogens is 4. The van der Waals surface area contributed by atoms with Crippen molar-refractivity contribution in [2.45, 2.75) is 38.5 Å². The van der Waals surface area contributed by atoms with Crippen molar-refractivity contribution in [2.75, 3.05) is 0 Å². The minimum absolute atomic E-state index is 0.0117. The van der Waals surface area contributed by atoms with Crippen molar-refractivity contribution >= 4 is 0 Å². The van der Waals surface area contributed by atoms with Crippen LogP contribution < -0.4 is 0 Å². The lowest BCUT2D eigenvalue weighted by Gasteiger charge is -2.28. The van der Waals surface area contributed by atoms with E-state index in [-0.39, 0.29) is 6.42 Å². The van der Waals surface area contributed by atoms with Gasteiger partial charge in [0.25, 0.3) is 0 Å². The van der Waals surface area contributed by atoms with Crippen LogP contribution in [-0.4, -0.2) is 12.3 Å². The van der Waals surface area contributed by atoms with Crippen LogP contribution in [0.2, 0.25) is 0 Å². The van der Waals surface area contributed by atoms with Gasteiger partial charge in [-0.2, -0.15) is 0 Å². The Morgan fingerprint density at radius 2 is 1.61 bits per heavy atom. The van der Waals surface area contributed by atoms with Crippen molar-refractivity contribution < 1.29 is 17.6 Å². The fourth-order valence-electron chi connectivity index (χ4n) is 2.45. The topological polar surface area (TPSA) is 0 Å². The van der Waals surface area contributed by atoms with E-state index < -0.39 is 35.5 Å². The molecule has 0 aliphatic heterocycles. The first-order chi connectivity index (χ1) is 8.40. The lowest BCUT2D eigenvalue weighted by atomic mass is 9.81. The minimum Gasteiger partial charge on any atom is -0.246 e. The molecule has 98 valence electrons. The van der Waals surface area contributed by atoms with Crippen LogP contribution in [-0.2, 0) is 0 Å². The second kappa shape index (κ2) is 4.75. The van der Waals surface area contributed by atoms with Crippen LogP contribution in [0.15, 0.2) is 23.8 Å². The van der Waals surface area contributed by atoms with Gasteiger partial charge in [-0.15, -0.1) is 0 Å². The summed E-state index contributed by atoms with van der Waals surface area (Å²) in [6, 6.07) is 2.20. The van der Waals surface area contributed by atoms with Crippen molar-refractivity contribution in [1.29, 1.82) is 0 Å². The number of hydrogen-bond acceptors (Lipinski definition) is 0. The Balaban J connectivity index is 2.49. The fourth-order valence-corrected chi connectivity index (χ4v) is 2.45. The Morgan fingerprint density at radius 3 is 2.11 bits per heavy atom. The molecule has 4 heteroatoms. The summed E-state index contributed by atoms with van der Waals surface area (Å²) in [5.74, 6) is -3.15. The van der Waals surface area contributed by atoms with E-state index in [0.29, 0.717) is 11.1 Å². The lowest BCUT2D eigenvalue weighted by molar-refractivity contribution is 0.187. The van der Waals surface area contributed by atoms with Gasteiger partial charge in [0.05, 0.1) is 5.92 Å². The zero-order chi connectivity index (χ0) is 13.4. The SMILES string of the molecule is CC1=CC(F)C(c2c(F)cc(C)cc2F)C(F)C1. The Kier molecular flexibility index (Phi) is 3.46. The summed E-state index contributed by atoms with van der Waals surface area (Å²) < 4.78 is 55.2. The maximum Gasteiger partial charge on any atom is 0.130 e. The number of rotatable bonds is 1. The highest BCUT2D eigenvalue weighted by Crippen LogP contribution is 2.39. The quantitative estimate of drug-likeness (QED) is 0.518. The lowest BCUT2D eigenvalue weighted by Crippen LogP contribution is -2.29. The molecule has 18 heavy (non-hydrogen) atoms. The van der Waals surface area contributed by atoms with Gasteiger partial charge in [-0.25, -0.2) is 17.6 Å². The molecule has 0 saturated carbocycles. The molecule has 3 atom stereocenters. The molecule has 0 amide bonds. The first kappa shape index (κ1) is 13.1. The van der Waals surface area contributed by atoms with Crippen LogP contribution in [0.25, 0.3) is 0 Å². The molecule has 0 heterocycles. The predicted molar refractivity (Wildman–Crippen MR) is 62.0 cm³/mol. The van der Waals surface area contributed by atoms with Gasteiger partial charge in [-0.3, -0.25) is 0 Å². The van der Waals surface area contributed by atoms with Crippen LogP contribution in [0.1, 0.15) is 30.4 Å². The zero-order valence-corrected chi connectivity index (χ0v) is 10.2. The molecule has 0 saturated heterocycles. The number of aryl methyl sites for hydroxylation is 1. The Hall–Kier alpha value is -1.32. The molecule has 0 radical (unpaired) electrons. The second-order valence-corrected chi connectivity index (χ2v) is 4.85. The number of hydrogen-bond donors (Lipinski definition) is 0. The van der Waals surface area contributed by atoms with E-state index in [0.717, 1.165) is 12.1 Å². The van der Waals surface area contributed by atoms with E-state index in [1.807, 2.05) is 0 Å². The van der Waals surface area contributed by atoms with E-state index in [1.165, 1.54) is 13.0 Å². The Bertz CT molecular complexity index is 470. The average molecular weight is 258 g/mol. The molecule has 2 rings (SSSR count). The first-order valence-electron chi connectivity index (χ1n) is 5.81. The monoisotopic (exact) mass is 258 g/mol. The van der Waals surface area contributed by atoms with E-state index in [4.69, 9.17) is 0 Å². The van der Waals surface area contributed by atoms with Gasteiger partial charge in [-0.05, 0) is 31.5 Å². The van der Waals surface area contributed by atoms with Gasteiger partial charge < -0.3 is 0 Å². The smallest absolute Gasteiger partial charge is 0.130 e. The molecule has 1 aliphatic carbocycles. The van der Waals surface area contributed by atoms with Gasteiger partial charge in [0.15, 0.2) is 0 Å². The molecule has 1 aromatic rings. The number of allylic oxidation sites excluding steroid dienone is 2. The minimum atomic E-state index is -1.69. The third-order valence-corrected chi connectivity index (χ3v) is 3.25. The summed E-state index contributed by atoms with van der Waals surface area (Å²) in [4.78, 5) is 0. The molecular weight excluding hydrogens is 244 g/mol. The van der Waals surface area contributed by atoms with Crippen molar-refractivity contribution in [3.05, 3.63) is 46.5 Å². The van der Waals surface area contributed by atoms with E-state index in [2.05, 4.69) is 0 Å². The van der Waals surface area contributed by atoms with E-state index in [9.17, 15) is 17.6 Å². The van der Waals surface area contributed by atoms with Crippen LogP contribution >= 0.6 is 0 Å². The highest BCUT2D eigenvalue weighted by atomic mass is 19.2. The summed E-state index contributed by atoms with van der Waals surface area (Å²) in [6.07, 6.45) is -2.05. The maximum absolute atomic E-state index is 13.9. The maximum atomic E-state index is 13.9. The van der Waals surface area contributed by atoms with Crippen LogP contribution in [0.5, 0.6) is 0 Å². The molecule has 1 aliphatic rings. The van der Waals surface area contributed by atoms with Crippen LogP contribution in [0.3, 0.4) is 0 Å². The van der Waals surface area contributed by atoms with Crippen LogP contribution in [0, 0.1) is 18.6 Å². The second-order valence-electron chi connectivity index (χ2n) is 4.85. The molecule has 3 unspecified atom stereocenters. The molecule has 1 aromatic carbocycles. The average Bonchev–Trinajstić information content (AvgIpc) is 2.20. The van der Waals surface area contributed by atoms with Gasteiger partial charge in [-0.1, -0.05) is 11.6 Å². The van der Waals surface area contributed by atoms with E-state index in [1.54, 1.807) is 6.92 Å². The number of alkyl halides is 2. The normalized spacial score (nSPS) is 28.1. The summed E-state index contributed by atoms with van der Waals surface area (Å²) in [7, 11) is 0. The van der Waals surface area contributed by atoms with Crippen molar-refractivity contribution in [3.63, 3.8) is 0 Å². The predicted octanol–water partition coefficient (Wildman–Crippen LogP) is 4.38. The van der Waals surface area contributed by atoms with Crippen molar-refractivity contribution in [2.24, 2.45) is 0 Å². The molecular formula is C14H14F4. The molecule has 0 spiro atoms. The summed E-state index contributed by atoms with van der Waals surface area (Å²) in [6.45, 7) is 3.14. The zero-order valence-electron chi connectivity index (χ0n) is 10.2. The van der Waals surface area contributed by atoms with Gasteiger partial charge in [0, 0.05) is 12.0 Å². The summed E-state index contributed by atoms with van der Waals surface area (Å²) in [5, 5.41) is 0. The number of benzene rings is 1. The summed E-state index contributed by atoms with van der Waals surface area (Å²) in [5.41, 5.74) is 0.477. The van der Waals surface area contributed by atoms with E-state index >= 15 is 0 Å². The molecule has 0 N–H and O–H groups in total. The van der Waals surface area contributed by atoms with Gasteiger partial charge in [0.2, 0.25) is 0 Å². The molecule has 0 nitrogen and oxygen atoms in total. The highest BCUT2D eigenvalue weighted by Gasteiger charge is 2.37. The first-order valence-corrected chi connectivity index (χ1v) is 5.81. The van der Waals surface area contributed by atoms with Gasteiger partial charge >= 0.3 is 0 Å². The highest BCUT2D eigenvalue weighted by molar-refractivity contribution is 5.33. The molecule has 0 bridgehead atoms. The third-order valence-electron chi connectivity index (χ3n) is 3.25. The van der Waals surface area contributed by atoms with Gasteiger partial charge in [0.1, 0.15) is 24.0 Å². The third kappa shape index (κ3) is 2.28. The molecule has 0 fully saturated rings. The Morgan fingerprint density at radius 1 is 1.06 bits per heavy atom. The standard InChI is InChI=1S/C14H14F4/c1-7-3-9(15)13(10(16)4-7)14-11(17)5-8(2)6-12(14)18/h3-5,11-12,14H,6H2,1-2H3.